The molecule has 0 fully saturated rings. The van der Waals surface area contributed by atoms with Crippen molar-refractivity contribution in [2.75, 3.05) is 16.4 Å². The van der Waals surface area contributed by atoms with Crippen LogP contribution in [0, 0.1) is 0 Å². The smallest absolute Gasteiger partial charge is 0.234 e. The molecule has 0 aliphatic heterocycles. The van der Waals surface area contributed by atoms with E-state index in [2.05, 4.69) is 5.32 Å². The van der Waals surface area contributed by atoms with Gasteiger partial charge in [-0.3, -0.25) is 4.79 Å². The predicted molar refractivity (Wildman–Crippen MR) is 65.1 cm³/mol. The first kappa shape index (κ1) is 11.3. The van der Waals surface area contributed by atoms with Gasteiger partial charge in [-0.1, -0.05) is 22.6 Å². The zero-order valence-electron chi connectivity index (χ0n) is 7.92. The number of halogens is 1. The fourth-order valence-corrected chi connectivity index (χ4v) is 1.19. The van der Waals surface area contributed by atoms with Crippen molar-refractivity contribution in [1.82, 2.24) is 0 Å². The molecule has 0 saturated heterocycles. The third-order valence-electron chi connectivity index (χ3n) is 1.57. The van der Waals surface area contributed by atoms with Crippen LogP contribution in [-0.2, 0) is 4.79 Å². The number of rotatable bonds is 4. The molecule has 76 valence electrons. The summed E-state index contributed by atoms with van der Waals surface area (Å²) in [5.74, 6) is 0.828. The van der Waals surface area contributed by atoms with E-state index in [1.54, 1.807) is 0 Å². The Morgan fingerprint density at radius 3 is 2.57 bits per heavy atom. The van der Waals surface area contributed by atoms with Crippen LogP contribution in [0.25, 0.3) is 0 Å². The van der Waals surface area contributed by atoms with Gasteiger partial charge in [0.2, 0.25) is 5.91 Å². The van der Waals surface area contributed by atoms with Crippen LogP contribution in [0.1, 0.15) is 6.92 Å². The van der Waals surface area contributed by atoms with Crippen molar-refractivity contribution in [1.29, 1.82) is 0 Å². The van der Waals surface area contributed by atoms with Crippen molar-refractivity contribution >= 4 is 34.2 Å². The second kappa shape index (κ2) is 5.85. The van der Waals surface area contributed by atoms with Crippen molar-refractivity contribution in [2.45, 2.75) is 6.92 Å². The molecule has 1 amide bonds. The van der Waals surface area contributed by atoms with Crippen LogP contribution in [0.2, 0.25) is 0 Å². The zero-order chi connectivity index (χ0) is 10.4. The Morgan fingerprint density at radius 2 is 2.07 bits per heavy atom. The van der Waals surface area contributed by atoms with E-state index < -0.39 is 0 Å². The lowest BCUT2D eigenvalue weighted by molar-refractivity contribution is -0.113. The Morgan fingerprint density at radius 1 is 1.43 bits per heavy atom. The maximum Gasteiger partial charge on any atom is 0.234 e. The Kier molecular flexibility index (Phi) is 4.72. The number of ether oxygens (including phenoxy) is 1. The van der Waals surface area contributed by atoms with E-state index in [-0.39, 0.29) is 5.91 Å². The fourth-order valence-electron chi connectivity index (χ4n) is 0.996. The van der Waals surface area contributed by atoms with Crippen molar-refractivity contribution < 1.29 is 9.53 Å². The summed E-state index contributed by atoms with van der Waals surface area (Å²) in [4.78, 5) is 11.0. The minimum absolute atomic E-state index is 0.00904. The topological polar surface area (TPSA) is 38.3 Å². The highest BCUT2D eigenvalue weighted by atomic mass is 127. The predicted octanol–water partition coefficient (Wildman–Crippen LogP) is 2.46. The minimum atomic E-state index is 0.00904. The molecule has 14 heavy (non-hydrogen) atoms. The number of hydrogen-bond donors (Lipinski definition) is 1. The first-order valence-corrected chi connectivity index (χ1v) is 5.87. The van der Waals surface area contributed by atoms with Crippen LogP contribution in [-0.4, -0.2) is 16.9 Å². The molecular weight excluding hydrogens is 293 g/mol. The number of alkyl halides is 1. The van der Waals surface area contributed by atoms with E-state index >= 15 is 0 Å². The maximum absolute atomic E-state index is 11.0. The Labute approximate surface area is 97.0 Å². The molecule has 0 saturated carbocycles. The molecule has 0 aliphatic carbocycles. The molecule has 0 aromatic heterocycles. The summed E-state index contributed by atoms with van der Waals surface area (Å²) in [6.45, 7) is 2.59. The van der Waals surface area contributed by atoms with E-state index in [0.717, 1.165) is 11.4 Å². The molecule has 0 atom stereocenters. The van der Waals surface area contributed by atoms with Crippen LogP contribution in [0.15, 0.2) is 24.3 Å². The van der Waals surface area contributed by atoms with Gasteiger partial charge in [0, 0.05) is 5.69 Å². The standard InChI is InChI=1S/C10H12INO2/c1-2-14-9-5-3-8(4-6-9)12-10(13)7-11/h3-6H,2,7H2,1H3,(H,12,13). The summed E-state index contributed by atoms with van der Waals surface area (Å²) in [5.41, 5.74) is 0.801. The van der Waals surface area contributed by atoms with Gasteiger partial charge < -0.3 is 10.1 Å². The first-order chi connectivity index (χ1) is 6.76. The summed E-state index contributed by atoms with van der Waals surface area (Å²) >= 11 is 2.02. The third kappa shape index (κ3) is 3.53. The lowest BCUT2D eigenvalue weighted by Crippen LogP contribution is -2.11. The molecular formula is C10H12INO2. The second-order valence-electron chi connectivity index (χ2n) is 2.64. The molecule has 0 unspecified atom stereocenters. The van der Waals surface area contributed by atoms with Crippen LogP contribution in [0.5, 0.6) is 5.75 Å². The second-order valence-corrected chi connectivity index (χ2v) is 3.40. The van der Waals surface area contributed by atoms with Gasteiger partial charge in [0.05, 0.1) is 11.0 Å². The maximum atomic E-state index is 11.0. The first-order valence-electron chi connectivity index (χ1n) is 4.35. The normalized spacial score (nSPS) is 9.57. The number of hydrogen-bond acceptors (Lipinski definition) is 2. The van der Waals surface area contributed by atoms with Crippen LogP contribution in [0.3, 0.4) is 0 Å². The molecule has 0 heterocycles. The summed E-state index contributed by atoms with van der Waals surface area (Å²) < 4.78 is 5.74. The van der Waals surface area contributed by atoms with Gasteiger partial charge in [-0.05, 0) is 31.2 Å². The summed E-state index contributed by atoms with van der Waals surface area (Å²) in [6.07, 6.45) is 0. The van der Waals surface area contributed by atoms with Gasteiger partial charge >= 0.3 is 0 Å². The molecule has 1 aromatic carbocycles. The lowest BCUT2D eigenvalue weighted by Gasteiger charge is -2.05. The van der Waals surface area contributed by atoms with Gasteiger partial charge in [0.15, 0.2) is 0 Å². The SMILES string of the molecule is CCOc1ccc(NC(=O)CI)cc1. The summed E-state index contributed by atoms with van der Waals surface area (Å²) in [5, 5.41) is 2.76. The zero-order valence-corrected chi connectivity index (χ0v) is 10.1. The molecule has 0 spiro atoms. The van der Waals surface area contributed by atoms with Crippen molar-refractivity contribution in [3.63, 3.8) is 0 Å². The van der Waals surface area contributed by atoms with Crippen LogP contribution in [0.4, 0.5) is 5.69 Å². The van der Waals surface area contributed by atoms with Gasteiger partial charge in [-0.25, -0.2) is 0 Å². The summed E-state index contributed by atoms with van der Waals surface area (Å²) in [6, 6.07) is 7.34. The lowest BCUT2D eigenvalue weighted by atomic mass is 10.3. The van der Waals surface area contributed by atoms with Crippen molar-refractivity contribution in [3.8, 4) is 5.75 Å². The third-order valence-corrected chi connectivity index (χ3v) is 2.26. The van der Waals surface area contributed by atoms with Gasteiger partial charge in [-0.15, -0.1) is 0 Å². The Bertz CT molecular complexity index is 297. The molecule has 0 radical (unpaired) electrons. The number of carbonyl (C=O) groups excluding carboxylic acids is 1. The highest BCUT2D eigenvalue weighted by Crippen LogP contribution is 2.15. The number of anilines is 1. The van der Waals surface area contributed by atoms with Crippen LogP contribution < -0.4 is 10.1 Å². The summed E-state index contributed by atoms with van der Waals surface area (Å²) in [7, 11) is 0. The average molecular weight is 305 g/mol. The average Bonchev–Trinajstić information content (AvgIpc) is 2.21. The van der Waals surface area contributed by atoms with Crippen molar-refractivity contribution in [3.05, 3.63) is 24.3 Å². The molecule has 1 N–H and O–H groups in total. The molecule has 4 heteroatoms. The van der Waals surface area contributed by atoms with Gasteiger partial charge in [-0.2, -0.15) is 0 Å². The van der Waals surface area contributed by atoms with E-state index in [4.69, 9.17) is 4.74 Å². The molecule has 3 nitrogen and oxygen atoms in total. The number of benzene rings is 1. The quantitative estimate of drug-likeness (QED) is 0.685. The number of carbonyl (C=O) groups is 1. The monoisotopic (exact) mass is 305 g/mol. The molecule has 1 aromatic rings. The van der Waals surface area contributed by atoms with Crippen molar-refractivity contribution in [2.24, 2.45) is 0 Å². The van der Waals surface area contributed by atoms with Crippen LogP contribution >= 0.6 is 22.6 Å². The number of nitrogens with one attached hydrogen (secondary N) is 1. The Balaban J connectivity index is 2.59. The van der Waals surface area contributed by atoms with E-state index in [9.17, 15) is 4.79 Å². The highest BCUT2D eigenvalue weighted by molar-refractivity contribution is 14.1. The molecule has 0 aliphatic rings. The highest BCUT2D eigenvalue weighted by Gasteiger charge is 1.99. The van der Waals surface area contributed by atoms with E-state index in [1.165, 1.54) is 0 Å². The van der Waals surface area contributed by atoms with E-state index in [1.807, 2.05) is 53.8 Å². The molecule has 0 bridgehead atoms. The number of amides is 1. The Hall–Kier alpha value is -0.780. The largest absolute Gasteiger partial charge is 0.494 e. The van der Waals surface area contributed by atoms with Gasteiger partial charge in [0.1, 0.15) is 5.75 Å². The van der Waals surface area contributed by atoms with Gasteiger partial charge in [0.25, 0.3) is 0 Å². The van der Waals surface area contributed by atoms with E-state index in [0.29, 0.717) is 11.0 Å². The fraction of sp³-hybridized carbons (Fsp3) is 0.300. The molecule has 1 rings (SSSR count). The minimum Gasteiger partial charge on any atom is -0.494 e.